The molecule has 2 heterocycles. The minimum Gasteiger partial charge on any atom is -0.369 e. The van der Waals surface area contributed by atoms with Gasteiger partial charge in [-0.15, -0.1) is 0 Å². The quantitative estimate of drug-likeness (QED) is 0.865. The predicted octanol–water partition coefficient (Wildman–Crippen LogP) is 1.46. The normalized spacial score (nSPS) is 18.3. The lowest BCUT2D eigenvalue weighted by atomic mass is 9.87. The Morgan fingerprint density at radius 3 is 2.83 bits per heavy atom. The second-order valence-electron chi connectivity index (χ2n) is 4.71. The van der Waals surface area contributed by atoms with Crippen LogP contribution in [0.4, 0.5) is 0 Å². The van der Waals surface area contributed by atoms with Gasteiger partial charge in [0.05, 0.1) is 0 Å². The number of rotatable bonds is 2. The van der Waals surface area contributed by atoms with Gasteiger partial charge in [-0.2, -0.15) is 0 Å². The van der Waals surface area contributed by atoms with Crippen molar-refractivity contribution >= 4 is 5.91 Å². The van der Waals surface area contributed by atoms with E-state index in [0.29, 0.717) is 0 Å². The number of aromatic nitrogens is 2. The second kappa shape index (κ2) is 4.29. The summed E-state index contributed by atoms with van der Waals surface area (Å²) in [6.07, 6.45) is 8.14. The molecule has 0 spiro atoms. The van der Waals surface area contributed by atoms with Crippen LogP contribution in [0.3, 0.4) is 0 Å². The summed E-state index contributed by atoms with van der Waals surface area (Å²) in [5.74, 6) is -0.226. The molecule has 1 atom stereocenters. The van der Waals surface area contributed by atoms with E-state index < -0.39 is 0 Å². The van der Waals surface area contributed by atoms with E-state index >= 15 is 0 Å². The molecule has 2 aromatic rings. The summed E-state index contributed by atoms with van der Waals surface area (Å²) >= 11 is 0. The molecular weight excluding hydrogens is 226 g/mol. The Hall–Kier alpha value is -2.10. The third-order valence-electron chi connectivity index (χ3n) is 3.63. The van der Waals surface area contributed by atoms with Gasteiger partial charge < -0.3 is 10.3 Å². The number of hydrogen-bond donors (Lipinski definition) is 1. The minimum atomic E-state index is -0.192. The van der Waals surface area contributed by atoms with Crippen LogP contribution in [0.2, 0.25) is 0 Å². The third kappa shape index (κ3) is 1.79. The van der Waals surface area contributed by atoms with E-state index in [0.717, 1.165) is 24.9 Å². The average Bonchev–Trinajstić information content (AvgIpc) is 2.82. The van der Waals surface area contributed by atoms with E-state index in [9.17, 15) is 4.79 Å². The zero-order chi connectivity index (χ0) is 12.5. The average molecular weight is 241 g/mol. The van der Waals surface area contributed by atoms with Crippen molar-refractivity contribution in [2.75, 3.05) is 0 Å². The lowest BCUT2D eigenvalue weighted by molar-refractivity contribution is -0.122. The first kappa shape index (κ1) is 11.0. The summed E-state index contributed by atoms with van der Waals surface area (Å²) in [4.78, 5) is 15.4. The van der Waals surface area contributed by atoms with Gasteiger partial charge in [-0.05, 0) is 43.0 Å². The number of aryl methyl sites for hydroxylation is 1. The van der Waals surface area contributed by atoms with Gasteiger partial charge in [0.2, 0.25) is 5.91 Å². The van der Waals surface area contributed by atoms with E-state index in [1.165, 1.54) is 11.3 Å². The topological polar surface area (TPSA) is 60.9 Å². The number of pyridine rings is 1. The monoisotopic (exact) mass is 241 g/mol. The molecule has 3 rings (SSSR count). The van der Waals surface area contributed by atoms with Gasteiger partial charge in [0.25, 0.3) is 0 Å². The molecule has 2 N–H and O–H groups in total. The van der Waals surface area contributed by atoms with Crippen LogP contribution >= 0.6 is 0 Å². The lowest BCUT2D eigenvalue weighted by Gasteiger charge is -2.21. The molecule has 18 heavy (non-hydrogen) atoms. The SMILES string of the molecule is NC(=O)C1CCc2ccn(-c3ccncc3)c2C1. The minimum absolute atomic E-state index is 0.0343. The Balaban J connectivity index is 2.00. The van der Waals surface area contributed by atoms with Crippen molar-refractivity contribution in [2.45, 2.75) is 19.3 Å². The van der Waals surface area contributed by atoms with Gasteiger partial charge >= 0.3 is 0 Å². The van der Waals surface area contributed by atoms with Crippen LogP contribution in [0.1, 0.15) is 17.7 Å². The third-order valence-corrected chi connectivity index (χ3v) is 3.63. The largest absolute Gasteiger partial charge is 0.369 e. The number of carbonyl (C=O) groups excluding carboxylic acids is 1. The van der Waals surface area contributed by atoms with Crippen LogP contribution < -0.4 is 5.73 Å². The van der Waals surface area contributed by atoms with Crippen molar-refractivity contribution < 1.29 is 4.79 Å². The number of primary amides is 1. The highest BCUT2D eigenvalue weighted by Gasteiger charge is 2.25. The highest BCUT2D eigenvalue weighted by molar-refractivity contribution is 5.77. The molecule has 1 aliphatic carbocycles. The van der Waals surface area contributed by atoms with Crippen molar-refractivity contribution in [2.24, 2.45) is 11.7 Å². The molecule has 2 aromatic heterocycles. The van der Waals surface area contributed by atoms with Crippen molar-refractivity contribution in [3.8, 4) is 5.69 Å². The molecule has 0 saturated carbocycles. The van der Waals surface area contributed by atoms with Crippen molar-refractivity contribution in [1.29, 1.82) is 0 Å². The molecule has 0 fully saturated rings. The van der Waals surface area contributed by atoms with Gasteiger partial charge in [-0.25, -0.2) is 0 Å². The Labute approximate surface area is 105 Å². The van der Waals surface area contributed by atoms with Crippen LogP contribution in [-0.2, 0) is 17.6 Å². The highest BCUT2D eigenvalue weighted by atomic mass is 16.1. The van der Waals surface area contributed by atoms with Crippen molar-refractivity contribution in [3.05, 3.63) is 48.0 Å². The first-order valence-corrected chi connectivity index (χ1v) is 6.14. The second-order valence-corrected chi connectivity index (χ2v) is 4.71. The van der Waals surface area contributed by atoms with E-state index in [4.69, 9.17) is 5.73 Å². The van der Waals surface area contributed by atoms with E-state index in [2.05, 4.69) is 21.8 Å². The fourth-order valence-corrected chi connectivity index (χ4v) is 2.62. The lowest BCUT2D eigenvalue weighted by Crippen LogP contribution is -2.29. The predicted molar refractivity (Wildman–Crippen MR) is 68.3 cm³/mol. The molecule has 4 nitrogen and oxygen atoms in total. The maximum atomic E-state index is 11.3. The molecular formula is C14H15N3O. The van der Waals surface area contributed by atoms with E-state index in [1.54, 1.807) is 12.4 Å². The van der Waals surface area contributed by atoms with Crippen LogP contribution in [0.15, 0.2) is 36.8 Å². The molecule has 0 aliphatic heterocycles. The van der Waals surface area contributed by atoms with E-state index in [-0.39, 0.29) is 11.8 Å². The Kier molecular flexibility index (Phi) is 2.63. The van der Waals surface area contributed by atoms with Crippen LogP contribution in [0.25, 0.3) is 5.69 Å². The summed E-state index contributed by atoms with van der Waals surface area (Å²) < 4.78 is 2.13. The zero-order valence-electron chi connectivity index (χ0n) is 10.0. The van der Waals surface area contributed by atoms with Gasteiger partial charge in [-0.1, -0.05) is 0 Å². The number of fused-ring (bicyclic) bond motifs is 1. The van der Waals surface area contributed by atoms with Gasteiger partial charge in [0, 0.05) is 35.9 Å². The molecule has 1 aliphatic rings. The number of nitrogens with zero attached hydrogens (tertiary/aromatic N) is 2. The van der Waals surface area contributed by atoms with Gasteiger partial charge in [-0.3, -0.25) is 9.78 Å². The Morgan fingerprint density at radius 2 is 2.11 bits per heavy atom. The fourth-order valence-electron chi connectivity index (χ4n) is 2.62. The van der Waals surface area contributed by atoms with Crippen molar-refractivity contribution in [1.82, 2.24) is 9.55 Å². The van der Waals surface area contributed by atoms with Crippen molar-refractivity contribution in [3.63, 3.8) is 0 Å². The number of nitrogens with two attached hydrogens (primary N) is 1. The van der Waals surface area contributed by atoms with Gasteiger partial charge in [0.15, 0.2) is 0 Å². The number of hydrogen-bond acceptors (Lipinski definition) is 2. The molecule has 0 saturated heterocycles. The Morgan fingerprint density at radius 1 is 1.33 bits per heavy atom. The molecule has 0 radical (unpaired) electrons. The molecule has 92 valence electrons. The van der Waals surface area contributed by atoms with Gasteiger partial charge in [0.1, 0.15) is 0 Å². The molecule has 1 amide bonds. The maximum Gasteiger partial charge on any atom is 0.220 e. The van der Waals surface area contributed by atoms with E-state index in [1.807, 2.05) is 12.1 Å². The Bertz CT molecular complexity index is 574. The summed E-state index contributed by atoms with van der Waals surface area (Å²) in [6, 6.07) is 6.06. The zero-order valence-corrected chi connectivity index (χ0v) is 10.0. The molecule has 0 aromatic carbocycles. The first-order valence-electron chi connectivity index (χ1n) is 6.14. The smallest absolute Gasteiger partial charge is 0.220 e. The molecule has 4 heteroatoms. The highest BCUT2D eigenvalue weighted by Crippen LogP contribution is 2.28. The van der Waals surface area contributed by atoms with Crippen LogP contribution in [0, 0.1) is 5.92 Å². The summed E-state index contributed by atoms with van der Waals surface area (Å²) in [6.45, 7) is 0. The standard InChI is InChI=1S/C14H15N3O/c15-14(18)11-2-1-10-5-8-17(13(10)9-11)12-3-6-16-7-4-12/h3-8,11H,1-2,9H2,(H2,15,18). The molecule has 1 unspecified atom stereocenters. The first-order chi connectivity index (χ1) is 8.75. The van der Waals surface area contributed by atoms with Crippen LogP contribution in [-0.4, -0.2) is 15.5 Å². The maximum absolute atomic E-state index is 11.3. The van der Waals surface area contributed by atoms with Crippen LogP contribution in [0.5, 0.6) is 0 Å². The summed E-state index contributed by atoms with van der Waals surface area (Å²) in [5, 5.41) is 0. The number of carbonyl (C=O) groups is 1. The summed E-state index contributed by atoms with van der Waals surface area (Å²) in [5.41, 5.74) is 9.03. The summed E-state index contributed by atoms with van der Waals surface area (Å²) in [7, 11) is 0. The molecule has 0 bridgehead atoms. The fraction of sp³-hybridized carbons (Fsp3) is 0.286. The number of amides is 1.